The van der Waals surface area contributed by atoms with Crippen molar-refractivity contribution in [1.82, 2.24) is 15.5 Å². The quantitative estimate of drug-likeness (QED) is 0.271. The largest absolute Gasteiger partial charge is 0.380 e. The van der Waals surface area contributed by atoms with Gasteiger partial charge in [0.05, 0.1) is 13.2 Å². The first-order valence-electron chi connectivity index (χ1n) is 8.16. The van der Waals surface area contributed by atoms with Crippen LogP contribution in [-0.2, 0) is 4.74 Å². The highest BCUT2D eigenvalue weighted by Gasteiger charge is 2.33. The maximum absolute atomic E-state index is 5.27. The Bertz CT molecular complexity index is 322. The number of guanidine groups is 1. The van der Waals surface area contributed by atoms with Gasteiger partial charge in [-0.2, -0.15) is 0 Å². The average Bonchev–Trinajstić information content (AvgIpc) is 2.38. The van der Waals surface area contributed by atoms with Gasteiger partial charge in [0.1, 0.15) is 0 Å². The molecule has 0 aliphatic carbocycles. The lowest BCUT2D eigenvalue weighted by atomic mass is 9.89. The average molecular weight is 426 g/mol. The van der Waals surface area contributed by atoms with Crippen LogP contribution in [0.5, 0.6) is 0 Å². The highest BCUT2D eigenvalue weighted by molar-refractivity contribution is 14.0. The van der Waals surface area contributed by atoms with Crippen LogP contribution >= 0.6 is 24.0 Å². The molecule has 1 heterocycles. The van der Waals surface area contributed by atoms with Crippen molar-refractivity contribution in [3.8, 4) is 0 Å². The Morgan fingerprint density at radius 1 is 1.18 bits per heavy atom. The van der Waals surface area contributed by atoms with E-state index < -0.39 is 0 Å². The molecular weight excluding hydrogens is 391 g/mol. The summed E-state index contributed by atoms with van der Waals surface area (Å²) in [6, 6.07) is 1.20. The highest BCUT2D eigenvalue weighted by Crippen LogP contribution is 2.24. The van der Waals surface area contributed by atoms with Crippen molar-refractivity contribution in [1.29, 1.82) is 0 Å². The van der Waals surface area contributed by atoms with Crippen molar-refractivity contribution in [2.24, 2.45) is 10.4 Å². The third-order valence-electron chi connectivity index (χ3n) is 4.02. The van der Waals surface area contributed by atoms with Gasteiger partial charge < -0.3 is 15.4 Å². The molecule has 0 spiro atoms. The number of ether oxygens (including phenoxy) is 1. The zero-order chi connectivity index (χ0) is 15.9. The molecule has 1 rings (SSSR count). The number of rotatable bonds is 8. The van der Waals surface area contributed by atoms with E-state index in [-0.39, 0.29) is 29.4 Å². The molecule has 0 radical (unpaired) electrons. The Labute approximate surface area is 153 Å². The van der Waals surface area contributed by atoms with Crippen molar-refractivity contribution in [3.05, 3.63) is 0 Å². The molecule has 0 aromatic heterocycles. The standard InChI is InChI=1S/C16H34N4O.HI/c1-13(2)20(14(3)4)9-7-8-18-15(17-6)19-10-16(5)11-21-12-16;/h13-14H,7-12H2,1-6H3,(H2,17,18,19);1H. The van der Waals surface area contributed by atoms with Crippen molar-refractivity contribution in [2.75, 3.05) is 39.9 Å². The van der Waals surface area contributed by atoms with Gasteiger partial charge in [-0.3, -0.25) is 9.89 Å². The maximum atomic E-state index is 5.27. The second-order valence-corrected chi connectivity index (χ2v) is 6.93. The number of aliphatic imine (C=N–C) groups is 1. The van der Waals surface area contributed by atoms with E-state index in [2.05, 4.69) is 55.1 Å². The van der Waals surface area contributed by atoms with Crippen LogP contribution in [-0.4, -0.2) is 62.8 Å². The van der Waals surface area contributed by atoms with Gasteiger partial charge in [-0.25, -0.2) is 0 Å². The predicted octanol–water partition coefficient (Wildman–Crippen LogP) is 2.31. The third kappa shape index (κ3) is 7.46. The Balaban J connectivity index is 0.00000441. The minimum absolute atomic E-state index is 0. The Morgan fingerprint density at radius 2 is 1.77 bits per heavy atom. The van der Waals surface area contributed by atoms with Crippen LogP contribution < -0.4 is 10.6 Å². The Morgan fingerprint density at radius 3 is 2.18 bits per heavy atom. The van der Waals surface area contributed by atoms with E-state index in [0.717, 1.165) is 45.2 Å². The van der Waals surface area contributed by atoms with Crippen LogP contribution in [0, 0.1) is 5.41 Å². The van der Waals surface area contributed by atoms with Gasteiger partial charge in [0.15, 0.2) is 5.96 Å². The molecule has 5 nitrogen and oxygen atoms in total. The molecule has 0 aromatic rings. The summed E-state index contributed by atoms with van der Waals surface area (Å²) >= 11 is 0. The Hall–Kier alpha value is -0.0800. The first-order valence-corrected chi connectivity index (χ1v) is 8.16. The number of hydrogen-bond acceptors (Lipinski definition) is 3. The van der Waals surface area contributed by atoms with Crippen molar-refractivity contribution in [3.63, 3.8) is 0 Å². The van der Waals surface area contributed by atoms with Crippen LogP contribution in [0.25, 0.3) is 0 Å². The summed E-state index contributed by atoms with van der Waals surface area (Å²) in [6.07, 6.45) is 1.12. The molecule has 1 fully saturated rings. The molecule has 0 saturated carbocycles. The van der Waals surface area contributed by atoms with E-state index in [4.69, 9.17) is 4.74 Å². The molecule has 0 atom stereocenters. The van der Waals surface area contributed by atoms with Crippen LogP contribution in [0.4, 0.5) is 0 Å². The van der Waals surface area contributed by atoms with E-state index in [1.807, 2.05) is 7.05 Å². The van der Waals surface area contributed by atoms with Gasteiger partial charge in [-0.15, -0.1) is 24.0 Å². The lowest BCUT2D eigenvalue weighted by molar-refractivity contribution is -0.0971. The van der Waals surface area contributed by atoms with Gasteiger partial charge in [-0.1, -0.05) is 6.92 Å². The van der Waals surface area contributed by atoms with E-state index in [0.29, 0.717) is 12.1 Å². The van der Waals surface area contributed by atoms with Crippen LogP contribution in [0.2, 0.25) is 0 Å². The fraction of sp³-hybridized carbons (Fsp3) is 0.938. The lowest BCUT2D eigenvalue weighted by Gasteiger charge is -2.38. The van der Waals surface area contributed by atoms with Crippen LogP contribution in [0.3, 0.4) is 0 Å². The van der Waals surface area contributed by atoms with E-state index >= 15 is 0 Å². The van der Waals surface area contributed by atoms with Gasteiger partial charge in [0.25, 0.3) is 0 Å². The van der Waals surface area contributed by atoms with Gasteiger partial charge in [-0.05, 0) is 34.1 Å². The molecule has 1 aliphatic rings. The molecule has 6 heteroatoms. The van der Waals surface area contributed by atoms with E-state index in [1.54, 1.807) is 0 Å². The molecule has 0 unspecified atom stereocenters. The summed E-state index contributed by atoms with van der Waals surface area (Å²) in [5.41, 5.74) is 0.268. The molecule has 0 aromatic carbocycles. The van der Waals surface area contributed by atoms with Gasteiger partial charge >= 0.3 is 0 Å². The number of hydrogen-bond donors (Lipinski definition) is 2. The second kappa shape index (κ2) is 10.6. The van der Waals surface area contributed by atoms with E-state index in [9.17, 15) is 0 Å². The topological polar surface area (TPSA) is 48.9 Å². The van der Waals surface area contributed by atoms with Gasteiger partial charge in [0, 0.05) is 44.2 Å². The van der Waals surface area contributed by atoms with Crippen molar-refractivity contribution >= 4 is 29.9 Å². The molecular formula is C16H35IN4O. The maximum Gasteiger partial charge on any atom is 0.191 e. The zero-order valence-corrected chi connectivity index (χ0v) is 17.4. The monoisotopic (exact) mass is 426 g/mol. The Kier molecular flexibility index (Phi) is 10.6. The molecule has 2 N–H and O–H groups in total. The van der Waals surface area contributed by atoms with Crippen molar-refractivity contribution < 1.29 is 4.74 Å². The molecule has 1 aliphatic heterocycles. The summed E-state index contributed by atoms with van der Waals surface area (Å²) in [4.78, 5) is 6.79. The molecule has 132 valence electrons. The first-order chi connectivity index (χ1) is 9.88. The summed E-state index contributed by atoms with van der Waals surface area (Å²) < 4.78 is 5.27. The molecule has 0 amide bonds. The third-order valence-corrected chi connectivity index (χ3v) is 4.02. The van der Waals surface area contributed by atoms with Gasteiger partial charge in [0.2, 0.25) is 0 Å². The summed E-state index contributed by atoms with van der Waals surface area (Å²) in [6.45, 7) is 15.9. The van der Waals surface area contributed by atoms with E-state index in [1.165, 1.54) is 0 Å². The predicted molar refractivity (Wildman–Crippen MR) is 105 cm³/mol. The molecule has 22 heavy (non-hydrogen) atoms. The van der Waals surface area contributed by atoms with Crippen LogP contribution in [0.15, 0.2) is 4.99 Å². The SMILES string of the molecule is CN=C(NCCCN(C(C)C)C(C)C)NCC1(C)COC1.I. The van der Waals surface area contributed by atoms with Crippen molar-refractivity contribution in [2.45, 2.75) is 53.1 Å². The number of nitrogens with one attached hydrogen (secondary N) is 2. The summed E-state index contributed by atoms with van der Waals surface area (Å²) in [7, 11) is 1.82. The van der Waals surface area contributed by atoms with Crippen LogP contribution in [0.1, 0.15) is 41.0 Å². The molecule has 0 bridgehead atoms. The lowest BCUT2D eigenvalue weighted by Crippen LogP contribution is -2.51. The normalized spacial score (nSPS) is 17.4. The summed E-state index contributed by atoms with van der Waals surface area (Å²) in [5.74, 6) is 0.892. The number of halogens is 1. The second-order valence-electron chi connectivity index (χ2n) is 6.93. The highest BCUT2D eigenvalue weighted by atomic mass is 127. The molecule has 1 saturated heterocycles. The fourth-order valence-electron chi connectivity index (χ4n) is 2.65. The fourth-order valence-corrected chi connectivity index (χ4v) is 2.65. The minimum atomic E-state index is 0. The summed E-state index contributed by atoms with van der Waals surface area (Å²) in [5, 5.41) is 6.79. The minimum Gasteiger partial charge on any atom is -0.380 e. The smallest absolute Gasteiger partial charge is 0.191 e. The zero-order valence-electron chi connectivity index (χ0n) is 15.1. The number of nitrogens with zero attached hydrogens (tertiary/aromatic N) is 2. The first kappa shape index (κ1) is 21.9.